The van der Waals surface area contributed by atoms with Crippen molar-refractivity contribution < 1.29 is 0 Å². The van der Waals surface area contributed by atoms with Crippen LogP contribution in [-0.2, 0) is 0 Å². The highest BCUT2D eigenvalue weighted by molar-refractivity contribution is 9.09. The molecule has 0 N–H and O–H groups in total. The van der Waals surface area contributed by atoms with Crippen LogP contribution in [0.1, 0.15) is 39.0 Å². The Labute approximate surface area is 89.6 Å². The average Bonchev–Trinajstić information content (AvgIpc) is 2.62. The van der Waals surface area contributed by atoms with E-state index in [0.717, 1.165) is 28.5 Å². The van der Waals surface area contributed by atoms with Crippen LogP contribution in [-0.4, -0.2) is 4.83 Å². The Morgan fingerprint density at radius 2 is 2.08 bits per heavy atom. The lowest BCUT2D eigenvalue weighted by Gasteiger charge is -2.36. The van der Waals surface area contributed by atoms with Gasteiger partial charge in [0.15, 0.2) is 4.83 Å². The molecule has 3 rings (SSSR count). The molecule has 3 aliphatic carbocycles. The number of hydrogen-bond acceptors (Lipinski definition) is 0. The Morgan fingerprint density at radius 3 is 2.77 bits per heavy atom. The molecule has 3 saturated carbocycles. The molecule has 0 saturated heterocycles. The first-order valence-corrected chi connectivity index (χ1v) is 6.70. The third-order valence-electron chi connectivity index (χ3n) is 4.75. The van der Waals surface area contributed by atoms with Crippen molar-refractivity contribution in [3.63, 3.8) is 0 Å². The molecule has 0 radical (unpaired) electrons. The van der Waals surface area contributed by atoms with Crippen LogP contribution in [0.2, 0.25) is 0 Å². The van der Waals surface area contributed by atoms with Crippen LogP contribution in [0.5, 0.6) is 0 Å². The van der Waals surface area contributed by atoms with E-state index in [1.54, 1.807) is 12.8 Å². The first kappa shape index (κ1) is 8.64. The van der Waals surface area contributed by atoms with E-state index in [-0.39, 0.29) is 0 Å². The van der Waals surface area contributed by atoms with Gasteiger partial charge < -0.3 is 0 Å². The van der Waals surface area contributed by atoms with Crippen molar-refractivity contribution in [2.45, 2.75) is 43.9 Å². The summed E-state index contributed by atoms with van der Waals surface area (Å²) in [6.45, 7) is 2.34. The Kier molecular flexibility index (Phi) is 1.94. The van der Waals surface area contributed by atoms with Gasteiger partial charge in [-0.05, 0) is 54.0 Å². The molecule has 3 aliphatic rings. The normalized spacial score (nSPS) is 53.1. The van der Waals surface area contributed by atoms with E-state index in [0.29, 0.717) is 0 Å². The van der Waals surface area contributed by atoms with Crippen molar-refractivity contribution in [3.05, 3.63) is 5.92 Å². The molecule has 0 aromatic heterocycles. The van der Waals surface area contributed by atoms with E-state index in [4.69, 9.17) is 0 Å². The van der Waals surface area contributed by atoms with Crippen LogP contribution in [0.4, 0.5) is 0 Å². The fourth-order valence-corrected chi connectivity index (χ4v) is 5.47. The van der Waals surface area contributed by atoms with E-state index >= 15 is 0 Å². The van der Waals surface area contributed by atoms with E-state index in [9.17, 15) is 0 Å². The first-order valence-electron chi connectivity index (χ1n) is 5.79. The SMILES string of the molecule is CC[C+]1C(Br)CC2CC3CC1C2C3. The van der Waals surface area contributed by atoms with Gasteiger partial charge in [-0.1, -0.05) is 0 Å². The standard InChI is InChI=1S/C12H18Br/c1-2-9-11-5-7-3-8(6-12(9)13)10(11)4-7/h7-8,10-12H,2-6H2,1H3/q+1. The predicted octanol–water partition coefficient (Wildman–Crippen LogP) is 3.80. The predicted molar refractivity (Wildman–Crippen MR) is 58.7 cm³/mol. The van der Waals surface area contributed by atoms with Crippen LogP contribution < -0.4 is 0 Å². The third-order valence-corrected chi connectivity index (χ3v) is 5.71. The van der Waals surface area contributed by atoms with E-state index in [1.807, 2.05) is 5.92 Å². The first-order chi connectivity index (χ1) is 6.29. The quantitative estimate of drug-likeness (QED) is 0.484. The maximum atomic E-state index is 3.88. The van der Waals surface area contributed by atoms with Crippen molar-refractivity contribution in [1.82, 2.24) is 0 Å². The molecule has 1 heteroatoms. The molecule has 13 heavy (non-hydrogen) atoms. The van der Waals surface area contributed by atoms with Crippen molar-refractivity contribution in [1.29, 1.82) is 0 Å². The van der Waals surface area contributed by atoms with Gasteiger partial charge in [-0.25, -0.2) is 0 Å². The molecule has 0 amide bonds. The molecule has 5 atom stereocenters. The van der Waals surface area contributed by atoms with Crippen LogP contribution in [0.15, 0.2) is 0 Å². The van der Waals surface area contributed by atoms with Gasteiger partial charge >= 0.3 is 0 Å². The van der Waals surface area contributed by atoms with Crippen LogP contribution in [0.25, 0.3) is 0 Å². The van der Waals surface area contributed by atoms with Gasteiger partial charge in [-0.2, -0.15) is 0 Å². The highest BCUT2D eigenvalue weighted by atomic mass is 79.9. The maximum Gasteiger partial charge on any atom is 0.154 e. The minimum Gasteiger partial charge on any atom is -0.0468 e. The van der Waals surface area contributed by atoms with Crippen molar-refractivity contribution in [2.24, 2.45) is 23.7 Å². The summed E-state index contributed by atoms with van der Waals surface area (Å²) < 4.78 is 0. The second kappa shape index (κ2) is 2.92. The van der Waals surface area contributed by atoms with Crippen LogP contribution >= 0.6 is 15.9 Å². The van der Waals surface area contributed by atoms with Crippen molar-refractivity contribution in [3.8, 4) is 0 Å². The van der Waals surface area contributed by atoms with Crippen LogP contribution in [0.3, 0.4) is 0 Å². The largest absolute Gasteiger partial charge is 0.154 e. The molecule has 0 aliphatic heterocycles. The number of alkyl halides is 1. The highest BCUT2D eigenvalue weighted by Crippen LogP contribution is 2.61. The zero-order valence-corrected chi connectivity index (χ0v) is 9.89. The summed E-state index contributed by atoms with van der Waals surface area (Å²) in [4.78, 5) is 0.766. The van der Waals surface area contributed by atoms with Gasteiger partial charge in [-0.15, -0.1) is 0 Å². The fraction of sp³-hybridized carbons (Fsp3) is 0.917. The Morgan fingerprint density at radius 1 is 1.23 bits per heavy atom. The lowest BCUT2D eigenvalue weighted by Crippen LogP contribution is -2.37. The summed E-state index contributed by atoms with van der Waals surface area (Å²) in [7, 11) is 0. The third kappa shape index (κ3) is 1.12. The molecule has 3 fully saturated rings. The fourth-order valence-electron chi connectivity index (χ4n) is 4.33. The van der Waals surface area contributed by atoms with Gasteiger partial charge in [0.25, 0.3) is 0 Å². The second-order valence-electron chi connectivity index (χ2n) is 5.24. The molecule has 2 bridgehead atoms. The molecule has 0 spiro atoms. The summed E-state index contributed by atoms with van der Waals surface area (Å²) in [6, 6.07) is 0. The van der Waals surface area contributed by atoms with Gasteiger partial charge in [-0.3, -0.25) is 0 Å². The molecule has 0 aromatic carbocycles. The van der Waals surface area contributed by atoms with E-state index < -0.39 is 0 Å². The Hall–Kier alpha value is 0.350. The van der Waals surface area contributed by atoms with Gasteiger partial charge in [0.05, 0.1) is 6.42 Å². The monoisotopic (exact) mass is 241 g/mol. The van der Waals surface area contributed by atoms with Gasteiger partial charge in [0.2, 0.25) is 0 Å². The topological polar surface area (TPSA) is 0 Å². The minimum absolute atomic E-state index is 0.766. The molecular weight excluding hydrogens is 224 g/mol. The van der Waals surface area contributed by atoms with E-state index in [1.165, 1.54) is 19.3 Å². The molecule has 72 valence electrons. The van der Waals surface area contributed by atoms with Crippen molar-refractivity contribution in [2.75, 3.05) is 0 Å². The smallest absolute Gasteiger partial charge is 0.0468 e. The molecule has 0 aromatic rings. The zero-order chi connectivity index (χ0) is 9.00. The number of halogens is 1. The summed E-state index contributed by atoms with van der Waals surface area (Å²) in [5, 5.41) is 0. The summed E-state index contributed by atoms with van der Waals surface area (Å²) >= 11 is 3.88. The Balaban J connectivity index is 1.86. The van der Waals surface area contributed by atoms with Gasteiger partial charge in [0.1, 0.15) is 11.8 Å². The average molecular weight is 242 g/mol. The van der Waals surface area contributed by atoms with Gasteiger partial charge in [0, 0.05) is 12.3 Å². The highest BCUT2D eigenvalue weighted by Gasteiger charge is 2.59. The Bertz CT molecular complexity index is 213. The lowest BCUT2D eigenvalue weighted by atomic mass is 9.65. The number of hydrogen-bond donors (Lipinski definition) is 0. The summed E-state index contributed by atoms with van der Waals surface area (Å²) in [6.07, 6.45) is 7.42. The molecular formula is C12H18Br+. The lowest BCUT2D eigenvalue weighted by molar-refractivity contribution is 0.186. The van der Waals surface area contributed by atoms with Crippen LogP contribution in [0, 0.1) is 29.6 Å². The number of rotatable bonds is 1. The molecule has 5 unspecified atom stereocenters. The molecule has 0 heterocycles. The van der Waals surface area contributed by atoms with Crippen molar-refractivity contribution >= 4 is 15.9 Å². The maximum absolute atomic E-state index is 3.88. The second-order valence-corrected chi connectivity index (χ2v) is 6.34. The summed E-state index contributed by atoms with van der Waals surface area (Å²) in [5.41, 5.74) is 0. The number of fused-ring (bicyclic) bond motifs is 1. The molecule has 0 nitrogen and oxygen atoms in total. The van der Waals surface area contributed by atoms with E-state index in [2.05, 4.69) is 22.9 Å². The minimum atomic E-state index is 0.766. The zero-order valence-electron chi connectivity index (χ0n) is 8.30. The summed E-state index contributed by atoms with van der Waals surface area (Å²) in [5.74, 6) is 6.18.